The van der Waals surface area contributed by atoms with E-state index in [9.17, 15) is 19.5 Å². The number of rotatable bonds is 2. The summed E-state index contributed by atoms with van der Waals surface area (Å²) in [5, 5.41) is 15.4. The molecule has 0 unspecified atom stereocenters. The highest BCUT2D eigenvalue weighted by Crippen LogP contribution is 2.25. The van der Waals surface area contributed by atoms with Gasteiger partial charge in [-0.25, -0.2) is 4.79 Å². The zero-order chi connectivity index (χ0) is 25.1. The third-order valence-electron chi connectivity index (χ3n) is 6.80. The maximum atomic E-state index is 13.3. The van der Waals surface area contributed by atoms with Crippen LogP contribution in [0, 0.1) is 0 Å². The number of aromatic carboxylic acids is 1. The van der Waals surface area contributed by atoms with Gasteiger partial charge in [0.25, 0.3) is 11.8 Å². The van der Waals surface area contributed by atoms with E-state index < -0.39 is 11.9 Å². The molecule has 0 radical (unpaired) electrons. The molecule has 3 N–H and O–H groups in total. The molecule has 2 aromatic carbocycles. The number of carboxylic acids is 1. The van der Waals surface area contributed by atoms with Gasteiger partial charge in [-0.15, -0.1) is 0 Å². The molecule has 36 heavy (non-hydrogen) atoms. The molecule has 4 heterocycles. The number of nitrogens with one attached hydrogen (secondary N) is 2. The molecule has 6 rings (SSSR count). The van der Waals surface area contributed by atoms with E-state index in [-0.39, 0.29) is 41.5 Å². The standard InChI is InChI=1S/C26H29N3O7/c30-24-15-35-21-10-17(9-18(11-21)26(32)33)25(31)28-22-13-29(19-5-7-34-8-6-19)14-23(22)36-20-3-1-16(2-4-20)12-27-24/h1-4,9-11,19,22-23H,5-8,12-15H2,(H,27,30)(H,28,31)(H,32,33)/t22-,23-/m0/s1. The Morgan fingerprint density at radius 2 is 1.78 bits per heavy atom. The Bertz CT molecular complexity index is 1130. The fourth-order valence-electron chi connectivity index (χ4n) is 4.86. The van der Waals surface area contributed by atoms with E-state index in [1.54, 1.807) is 0 Å². The minimum atomic E-state index is -1.20. The summed E-state index contributed by atoms with van der Waals surface area (Å²) in [6.45, 7) is 2.69. The van der Waals surface area contributed by atoms with Crippen LogP contribution in [0.25, 0.3) is 0 Å². The lowest BCUT2D eigenvalue weighted by atomic mass is 10.1. The van der Waals surface area contributed by atoms with Crippen LogP contribution >= 0.6 is 0 Å². The summed E-state index contributed by atoms with van der Waals surface area (Å²) in [6.07, 6.45) is 1.56. The van der Waals surface area contributed by atoms with Gasteiger partial charge in [-0.1, -0.05) is 12.1 Å². The smallest absolute Gasteiger partial charge is 0.335 e. The summed E-state index contributed by atoms with van der Waals surface area (Å²) in [4.78, 5) is 39.5. The number of nitrogens with zero attached hydrogens (tertiary/aromatic N) is 1. The van der Waals surface area contributed by atoms with Gasteiger partial charge in [0.2, 0.25) is 0 Å². The molecule has 0 saturated carbocycles. The van der Waals surface area contributed by atoms with E-state index in [4.69, 9.17) is 14.2 Å². The number of ether oxygens (including phenoxy) is 3. The van der Waals surface area contributed by atoms with E-state index >= 15 is 0 Å². The molecular formula is C26H29N3O7. The highest BCUT2D eigenvalue weighted by Gasteiger charge is 2.39. The van der Waals surface area contributed by atoms with Crippen molar-refractivity contribution in [2.45, 2.75) is 37.6 Å². The van der Waals surface area contributed by atoms with Crippen molar-refractivity contribution in [3.8, 4) is 11.5 Å². The van der Waals surface area contributed by atoms with Crippen molar-refractivity contribution in [1.29, 1.82) is 0 Å². The van der Waals surface area contributed by atoms with Gasteiger partial charge in [0, 0.05) is 44.5 Å². The van der Waals surface area contributed by atoms with Crippen LogP contribution in [0.15, 0.2) is 42.5 Å². The molecule has 2 fully saturated rings. The van der Waals surface area contributed by atoms with E-state index in [0.29, 0.717) is 44.6 Å². The van der Waals surface area contributed by atoms with Gasteiger partial charge in [-0.3, -0.25) is 14.5 Å². The fraction of sp³-hybridized carbons (Fsp3) is 0.423. The van der Waals surface area contributed by atoms with Crippen molar-refractivity contribution in [3.63, 3.8) is 0 Å². The number of hydrogen-bond donors (Lipinski definition) is 3. The Balaban J connectivity index is 1.45. The average Bonchev–Trinajstić information content (AvgIpc) is 3.28. The first-order valence-electron chi connectivity index (χ1n) is 12.1. The maximum Gasteiger partial charge on any atom is 0.335 e. The Kier molecular flexibility index (Phi) is 7.06. The highest BCUT2D eigenvalue weighted by atomic mass is 16.5. The number of carbonyl (C=O) groups is 3. The molecule has 2 aromatic rings. The van der Waals surface area contributed by atoms with Crippen molar-refractivity contribution >= 4 is 17.8 Å². The number of fused-ring (bicyclic) bond motifs is 7. The van der Waals surface area contributed by atoms with Crippen LogP contribution in [0.3, 0.4) is 0 Å². The van der Waals surface area contributed by atoms with Crippen molar-refractivity contribution in [2.24, 2.45) is 0 Å². The van der Waals surface area contributed by atoms with Gasteiger partial charge in [-0.2, -0.15) is 0 Å². The molecule has 4 aliphatic heterocycles. The number of amides is 2. The first-order chi connectivity index (χ1) is 17.4. The third kappa shape index (κ3) is 5.60. The summed E-state index contributed by atoms with van der Waals surface area (Å²) >= 11 is 0. The number of carboxylic acid groups (broad SMARTS) is 1. The molecule has 4 bridgehead atoms. The number of hydrogen-bond acceptors (Lipinski definition) is 7. The van der Waals surface area contributed by atoms with Crippen molar-refractivity contribution in [1.82, 2.24) is 15.5 Å². The SMILES string of the molecule is O=C1COc2cc(C(=O)O)cc(c2)C(=O)N[C@H]2CN(C3CCOCC3)C[C@@H]2Oc2ccc(cc2)CN1. The van der Waals surface area contributed by atoms with Crippen LogP contribution in [-0.4, -0.2) is 78.9 Å². The first-order valence-corrected chi connectivity index (χ1v) is 12.1. The first kappa shape index (κ1) is 24.1. The predicted octanol–water partition coefficient (Wildman–Crippen LogP) is 1.43. The highest BCUT2D eigenvalue weighted by molar-refractivity contribution is 5.98. The zero-order valence-electron chi connectivity index (χ0n) is 19.8. The monoisotopic (exact) mass is 495 g/mol. The number of carbonyl (C=O) groups excluding carboxylic acids is 2. The van der Waals surface area contributed by atoms with E-state index in [0.717, 1.165) is 18.4 Å². The fourth-order valence-corrected chi connectivity index (χ4v) is 4.86. The molecule has 190 valence electrons. The molecule has 2 saturated heterocycles. The number of benzene rings is 2. The topological polar surface area (TPSA) is 126 Å². The third-order valence-corrected chi connectivity index (χ3v) is 6.80. The molecule has 0 aromatic heterocycles. The van der Waals surface area contributed by atoms with Gasteiger partial charge in [0.05, 0.1) is 11.6 Å². The Hall–Kier alpha value is -3.63. The molecule has 2 atom stereocenters. The normalized spacial score (nSPS) is 23.6. The van der Waals surface area contributed by atoms with E-state index in [1.807, 2.05) is 24.3 Å². The molecule has 0 aliphatic carbocycles. The second kappa shape index (κ2) is 10.5. The summed E-state index contributed by atoms with van der Waals surface area (Å²) in [5.74, 6) is -1.19. The summed E-state index contributed by atoms with van der Waals surface area (Å²) in [5.41, 5.74) is 0.939. The second-order valence-corrected chi connectivity index (χ2v) is 9.29. The van der Waals surface area contributed by atoms with Crippen LogP contribution in [0.4, 0.5) is 0 Å². The lowest BCUT2D eigenvalue weighted by Gasteiger charge is -2.30. The van der Waals surface area contributed by atoms with E-state index in [2.05, 4.69) is 15.5 Å². The minimum absolute atomic E-state index is 0.100. The summed E-state index contributed by atoms with van der Waals surface area (Å²) in [7, 11) is 0. The number of likely N-dealkylation sites (tertiary alicyclic amines) is 1. The molecule has 10 heteroatoms. The van der Waals surface area contributed by atoms with Crippen LogP contribution in [0.1, 0.15) is 39.1 Å². The van der Waals surface area contributed by atoms with Crippen LogP contribution in [-0.2, 0) is 16.1 Å². The predicted molar refractivity (Wildman–Crippen MR) is 128 cm³/mol. The van der Waals surface area contributed by atoms with Crippen molar-refractivity contribution in [3.05, 3.63) is 59.2 Å². The zero-order valence-corrected chi connectivity index (χ0v) is 19.8. The molecule has 0 spiro atoms. The minimum Gasteiger partial charge on any atom is -0.487 e. The molecule has 2 amide bonds. The van der Waals surface area contributed by atoms with Gasteiger partial charge >= 0.3 is 5.97 Å². The molecule has 10 nitrogen and oxygen atoms in total. The van der Waals surface area contributed by atoms with Crippen LogP contribution in [0.5, 0.6) is 11.5 Å². The lowest BCUT2D eigenvalue weighted by Crippen LogP contribution is -2.45. The average molecular weight is 496 g/mol. The van der Waals surface area contributed by atoms with Gasteiger partial charge in [0.1, 0.15) is 17.6 Å². The van der Waals surface area contributed by atoms with Crippen molar-refractivity contribution < 1.29 is 33.7 Å². The Morgan fingerprint density at radius 1 is 1.00 bits per heavy atom. The largest absolute Gasteiger partial charge is 0.487 e. The maximum absolute atomic E-state index is 13.3. The van der Waals surface area contributed by atoms with Gasteiger partial charge in [-0.05, 0) is 48.7 Å². The Labute approximate surface area is 208 Å². The van der Waals surface area contributed by atoms with E-state index in [1.165, 1.54) is 18.2 Å². The van der Waals surface area contributed by atoms with Gasteiger partial charge < -0.3 is 30.0 Å². The Morgan fingerprint density at radius 3 is 2.53 bits per heavy atom. The van der Waals surface area contributed by atoms with Crippen LogP contribution < -0.4 is 20.1 Å². The quantitative estimate of drug-likeness (QED) is 0.571. The molecular weight excluding hydrogens is 466 g/mol. The summed E-state index contributed by atoms with van der Waals surface area (Å²) < 4.78 is 17.4. The van der Waals surface area contributed by atoms with Gasteiger partial charge in [0.15, 0.2) is 6.61 Å². The summed E-state index contributed by atoms with van der Waals surface area (Å²) in [6, 6.07) is 11.6. The van der Waals surface area contributed by atoms with Crippen LogP contribution in [0.2, 0.25) is 0 Å². The second-order valence-electron chi connectivity index (χ2n) is 9.29. The van der Waals surface area contributed by atoms with Crippen molar-refractivity contribution in [2.75, 3.05) is 32.9 Å². The lowest BCUT2D eigenvalue weighted by molar-refractivity contribution is -0.123. The molecule has 4 aliphatic rings.